The smallest absolute Gasteiger partial charge is 0.221 e. The number of hydrogen-bond donors (Lipinski definition) is 1. The zero-order valence-electron chi connectivity index (χ0n) is 11.8. The second-order valence-corrected chi connectivity index (χ2v) is 5.01. The molecule has 6 heteroatoms. The molecule has 110 valence electrons. The number of ether oxygens (including phenoxy) is 1. The minimum atomic E-state index is -0.337. The van der Waals surface area contributed by atoms with Gasteiger partial charge in [-0.3, -0.25) is 0 Å². The van der Waals surface area contributed by atoms with Crippen molar-refractivity contribution in [2.24, 2.45) is 0 Å². The Morgan fingerprint density at radius 3 is 2.86 bits per heavy atom. The summed E-state index contributed by atoms with van der Waals surface area (Å²) in [4.78, 5) is 10.4. The number of rotatable bonds is 4. The predicted molar refractivity (Wildman–Crippen MR) is 78.9 cm³/mol. The Morgan fingerprint density at radius 1 is 1.38 bits per heavy atom. The van der Waals surface area contributed by atoms with Gasteiger partial charge in [-0.1, -0.05) is 19.1 Å². The Balaban J connectivity index is 1.66. The van der Waals surface area contributed by atoms with E-state index in [0.29, 0.717) is 18.8 Å². The van der Waals surface area contributed by atoms with E-state index in [1.807, 2.05) is 6.92 Å². The van der Waals surface area contributed by atoms with Gasteiger partial charge in [0, 0.05) is 11.8 Å². The van der Waals surface area contributed by atoms with Crippen LogP contribution in [0.1, 0.15) is 12.5 Å². The first-order valence-corrected chi connectivity index (χ1v) is 6.95. The normalized spacial score (nSPS) is 14.9. The van der Waals surface area contributed by atoms with Crippen LogP contribution >= 0.6 is 0 Å². The highest BCUT2D eigenvalue weighted by atomic mass is 19.1. The number of aromatic nitrogens is 2. The van der Waals surface area contributed by atoms with Gasteiger partial charge in [-0.05, 0) is 18.6 Å². The van der Waals surface area contributed by atoms with Gasteiger partial charge in [-0.25, -0.2) is 9.37 Å². The molecule has 0 bridgehead atoms. The van der Waals surface area contributed by atoms with Gasteiger partial charge in [0.1, 0.15) is 11.9 Å². The SMILES string of the molecule is CCc1cnc(N)nc1N1CC(Oc2ccccc2F)C1. The quantitative estimate of drug-likeness (QED) is 0.932. The summed E-state index contributed by atoms with van der Waals surface area (Å²) in [6.45, 7) is 3.38. The lowest BCUT2D eigenvalue weighted by atomic mass is 10.1. The molecule has 1 aromatic carbocycles. The standard InChI is InChI=1S/C15H17FN4O/c1-2-10-7-18-15(17)19-14(10)20-8-11(9-20)21-13-6-4-3-5-12(13)16/h3-7,11H,2,8-9H2,1H3,(H2,17,18,19). The Hall–Kier alpha value is -2.37. The van der Waals surface area contributed by atoms with E-state index in [1.54, 1.807) is 24.4 Å². The van der Waals surface area contributed by atoms with Crippen molar-refractivity contribution in [3.8, 4) is 5.75 Å². The largest absolute Gasteiger partial charge is 0.484 e. The first-order valence-electron chi connectivity index (χ1n) is 6.95. The van der Waals surface area contributed by atoms with E-state index in [9.17, 15) is 4.39 Å². The van der Waals surface area contributed by atoms with E-state index in [4.69, 9.17) is 10.5 Å². The van der Waals surface area contributed by atoms with Crippen LogP contribution in [-0.2, 0) is 6.42 Å². The molecular formula is C15H17FN4O. The average molecular weight is 288 g/mol. The molecule has 1 fully saturated rings. The number of nitrogen functional groups attached to an aromatic ring is 1. The molecule has 0 radical (unpaired) electrons. The molecule has 0 spiro atoms. The monoisotopic (exact) mass is 288 g/mol. The molecule has 0 amide bonds. The van der Waals surface area contributed by atoms with Crippen LogP contribution in [0.4, 0.5) is 16.2 Å². The van der Waals surface area contributed by atoms with Crippen LogP contribution < -0.4 is 15.4 Å². The fraction of sp³-hybridized carbons (Fsp3) is 0.333. The Labute approximate surface area is 122 Å². The van der Waals surface area contributed by atoms with E-state index < -0.39 is 0 Å². The highest BCUT2D eigenvalue weighted by Gasteiger charge is 2.31. The summed E-state index contributed by atoms with van der Waals surface area (Å²) >= 11 is 0. The molecule has 1 aromatic heterocycles. The van der Waals surface area contributed by atoms with Gasteiger partial charge < -0.3 is 15.4 Å². The van der Waals surface area contributed by atoms with Gasteiger partial charge in [0.15, 0.2) is 11.6 Å². The van der Waals surface area contributed by atoms with Gasteiger partial charge in [-0.2, -0.15) is 4.98 Å². The number of aryl methyl sites for hydroxylation is 1. The summed E-state index contributed by atoms with van der Waals surface area (Å²) < 4.78 is 19.2. The average Bonchev–Trinajstić information content (AvgIpc) is 2.44. The molecule has 5 nitrogen and oxygen atoms in total. The van der Waals surface area contributed by atoms with Crippen LogP contribution in [0.3, 0.4) is 0 Å². The van der Waals surface area contributed by atoms with Crippen molar-refractivity contribution in [2.75, 3.05) is 23.7 Å². The number of hydrogen-bond acceptors (Lipinski definition) is 5. The number of benzene rings is 1. The molecule has 0 unspecified atom stereocenters. The third kappa shape index (κ3) is 2.74. The fourth-order valence-electron chi connectivity index (χ4n) is 2.34. The van der Waals surface area contributed by atoms with E-state index in [1.165, 1.54) is 6.07 Å². The fourth-order valence-corrected chi connectivity index (χ4v) is 2.34. The van der Waals surface area contributed by atoms with Crippen LogP contribution in [0.15, 0.2) is 30.5 Å². The number of anilines is 2. The first kappa shape index (κ1) is 13.6. The van der Waals surface area contributed by atoms with Gasteiger partial charge in [-0.15, -0.1) is 0 Å². The van der Waals surface area contributed by atoms with Crippen molar-refractivity contribution in [3.63, 3.8) is 0 Å². The molecule has 1 saturated heterocycles. The number of para-hydroxylation sites is 1. The summed E-state index contributed by atoms with van der Waals surface area (Å²) in [5.74, 6) is 1.07. The van der Waals surface area contributed by atoms with Crippen LogP contribution in [0, 0.1) is 5.82 Å². The summed E-state index contributed by atoms with van der Waals surface area (Å²) in [6.07, 6.45) is 2.55. The highest BCUT2D eigenvalue weighted by molar-refractivity contribution is 5.51. The number of nitrogens with zero attached hydrogens (tertiary/aromatic N) is 3. The van der Waals surface area contributed by atoms with Crippen molar-refractivity contribution in [2.45, 2.75) is 19.4 Å². The molecule has 3 rings (SSSR count). The van der Waals surface area contributed by atoms with E-state index in [-0.39, 0.29) is 17.9 Å². The lowest BCUT2D eigenvalue weighted by Gasteiger charge is -2.40. The molecule has 0 saturated carbocycles. The number of halogens is 1. The van der Waals surface area contributed by atoms with Crippen molar-refractivity contribution in [1.29, 1.82) is 0 Å². The zero-order chi connectivity index (χ0) is 14.8. The third-order valence-corrected chi connectivity index (χ3v) is 3.52. The molecule has 0 atom stereocenters. The molecule has 0 aliphatic carbocycles. The first-order chi connectivity index (χ1) is 10.2. The summed E-state index contributed by atoms with van der Waals surface area (Å²) in [6, 6.07) is 6.44. The minimum Gasteiger partial charge on any atom is -0.484 e. The van der Waals surface area contributed by atoms with Crippen LogP contribution in [0.25, 0.3) is 0 Å². The Morgan fingerprint density at radius 2 is 2.14 bits per heavy atom. The van der Waals surface area contributed by atoms with Gasteiger partial charge in [0.2, 0.25) is 5.95 Å². The molecule has 2 heterocycles. The van der Waals surface area contributed by atoms with Crippen LogP contribution in [-0.4, -0.2) is 29.2 Å². The van der Waals surface area contributed by atoms with E-state index in [0.717, 1.165) is 17.8 Å². The molecular weight excluding hydrogens is 271 g/mol. The summed E-state index contributed by atoms with van der Waals surface area (Å²) in [5.41, 5.74) is 6.70. The van der Waals surface area contributed by atoms with Crippen molar-refractivity contribution in [1.82, 2.24) is 9.97 Å². The van der Waals surface area contributed by atoms with E-state index in [2.05, 4.69) is 14.9 Å². The van der Waals surface area contributed by atoms with Crippen molar-refractivity contribution in [3.05, 3.63) is 41.8 Å². The molecule has 1 aliphatic rings. The van der Waals surface area contributed by atoms with Gasteiger partial charge in [0.25, 0.3) is 0 Å². The maximum Gasteiger partial charge on any atom is 0.221 e. The third-order valence-electron chi connectivity index (χ3n) is 3.52. The van der Waals surface area contributed by atoms with Crippen molar-refractivity contribution < 1.29 is 9.13 Å². The van der Waals surface area contributed by atoms with Gasteiger partial charge in [0.05, 0.1) is 13.1 Å². The lowest BCUT2D eigenvalue weighted by molar-refractivity contribution is 0.160. The molecule has 21 heavy (non-hydrogen) atoms. The van der Waals surface area contributed by atoms with E-state index >= 15 is 0 Å². The lowest BCUT2D eigenvalue weighted by Crippen LogP contribution is -2.54. The second-order valence-electron chi connectivity index (χ2n) is 5.01. The number of nitrogens with two attached hydrogens (primary N) is 1. The van der Waals surface area contributed by atoms with Crippen LogP contribution in [0.2, 0.25) is 0 Å². The Bertz CT molecular complexity index is 643. The molecule has 2 aromatic rings. The van der Waals surface area contributed by atoms with Crippen molar-refractivity contribution >= 4 is 11.8 Å². The molecule has 2 N–H and O–H groups in total. The predicted octanol–water partition coefficient (Wildman–Crippen LogP) is 2.03. The zero-order valence-corrected chi connectivity index (χ0v) is 11.8. The van der Waals surface area contributed by atoms with Gasteiger partial charge >= 0.3 is 0 Å². The summed E-state index contributed by atoms with van der Waals surface area (Å²) in [7, 11) is 0. The molecule has 1 aliphatic heterocycles. The maximum absolute atomic E-state index is 13.5. The minimum absolute atomic E-state index is 0.0391. The summed E-state index contributed by atoms with van der Waals surface area (Å²) in [5, 5.41) is 0. The maximum atomic E-state index is 13.5. The second kappa shape index (κ2) is 5.55. The highest BCUT2D eigenvalue weighted by Crippen LogP contribution is 2.27. The topological polar surface area (TPSA) is 64.3 Å². The van der Waals surface area contributed by atoms with Crippen LogP contribution in [0.5, 0.6) is 5.75 Å². The Kier molecular flexibility index (Phi) is 3.60.